The molecule has 14 heavy (non-hydrogen) atoms. The van der Waals surface area contributed by atoms with E-state index < -0.39 is 5.97 Å². The number of carboxylic acids is 1. The molecule has 0 aliphatic carbocycles. The second-order valence-corrected chi connectivity index (χ2v) is 3.34. The van der Waals surface area contributed by atoms with Crippen molar-refractivity contribution in [1.29, 1.82) is 0 Å². The third-order valence-corrected chi connectivity index (χ3v) is 2.23. The standard InChI is InChI=1S/C11H10O3/c1-6-3-4-9-8(5-6)10(11(12)13)7(2)14-9/h3-5H,1-2H3,(H,12,13). The van der Waals surface area contributed by atoms with Crippen molar-refractivity contribution in [2.45, 2.75) is 13.8 Å². The molecule has 2 rings (SSSR count). The molecule has 0 saturated heterocycles. The van der Waals surface area contributed by atoms with Crippen LogP contribution in [0, 0.1) is 13.8 Å². The summed E-state index contributed by atoms with van der Waals surface area (Å²) in [7, 11) is 0. The summed E-state index contributed by atoms with van der Waals surface area (Å²) >= 11 is 0. The Balaban J connectivity index is 2.86. The van der Waals surface area contributed by atoms with Gasteiger partial charge in [0.05, 0.1) is 0 Å². The van der Waals surface area contributed by atoms with Crippen LogP contribution in [-0.2, 0) is 0 Å². The smallest absolute Gasteiger partial charge is 0.339 e. The molecule has 0 saturated carbocycles. The molecule has 0 spiro atoms. The Morgan fingerprint density at radius 3 is 2.71 bits per heavy atom. The maximum atomic E-state index is 10.9. The van der Waals surface area contributed by atoms with Crippen LogP contribution in [0.5, 0.6) is 0 Å². The summed E-state index contributed by atoms with van der Waals surface area (Å²) in [5.74, 6) is -0.482. The molecule has 0 fully saturated rings. The predicted octanol–water partition coefficient (Wildman–Crippen LogP) is 2.75. The maximum absolute atomic E-state index is 10.9. The minimum absolute atomic E-state index is 0.267. The molecule has 1 heterocycles. The highest BCUT2D eigenvalue weighted by Crippen LogP contribution is 2.26. The van der Waals surface area contributed by atoms with E-state index in [1.807, 2.05) is 19.1 Å². The van der Waals surface area contributed by atoms with E-state index in [0.717, 1.165) is 5.56 Å². The van der Waals surface area contributed by atoms with Crippen LogP contribution in [-0.4, -0.2) is 11.1 Å². The van der Waals surface area contributed by atoms with Crippen molar-refractivity contribution < 1.29 is 14.3 Å². The lowest BCUT2D eigenvalue weighted by Crippen LogP contribution is -1.96. The van der Waals surface area contributed by atoms with Gasteiger partial charge in [-0.1, -0.05) is 11.6 Å². The molecule has 0 unspecified atom stereocenters. The number of furan rings is 1. The van der Waals surface area contributed by atoms with Gasteiger partial charge >= 0.3 is 5.97 Å². The Bertz CT molecular complexity index is 508. The van der Waals surface area contributed by atoms with Gasteiger partial charge in [0.1, 0.15) is 16.9 Å². The number of rotatable bonds is 1. The molecule has 72 valence electrons. The van der Waals surface area contributed by atoms with Gasteiger partial charge < -0.3 is 9.52 Å². The summed E-state index contributed by atoms with van der Waals surface area (Å²) in [6.45, 7) is 3.59. The van der Waals surface area contributed by atoms with Crippen molar-refractivity contribution >= 4 is 16.9 Å². The normalized spacial score (nSPS) is 10.7. The van der Waals surface area contributed by atoms with Gasteiger partial charge in [0.2, 0.25) is 0 Å². The predicted molar refractivity (Wildman–Crippen MR) is 52.6 cm³/mol. The molecule has 2 aromatic rings. The quantitative estimate of drug-likeness (QED) is 0.752. The van der Waals surface area contributed by atoms with Crippen molar-refractivity contribution in [2.75, 3.05) is 0 Å². The summed E-state index contributed by atoms with van der Waals surface area (Å²) in [5, 5.41) is 9.66. The van der Waals surface area contributed by atoms with Crippen LogP contribution in [0.15, 0.2) is 22.6 Å². The van der Waals surface area contributed by atoms with Gasteiger partial charge in [-0.3, -0.25) is 0 Å². The van der Waals surface area contributed by atoms with Crippen LogP contribution in [0.4, 0.5) is 0 Å². The highest BCUT2D eigenvalue weighted by atomic mass is 16.4. The van der Waals surface area contributed by atoms with E-state index in [4.69, 9.17) is 9.52 Å². The first-order chi connectivity index (χ1) is 6.59. The molecule has 1 N–H and O–H groups in total. The average Bonchev–Trinajstić information content (AvgIpc) is 2.40. The van der Waals surface area contributed by atoms with Gasteiger partial charge in [-0.15, -0.1) is 0 Å². The summed E-state index contributed by atoms with van der Waals surface area (Å²) in [6, 6.07) is 5.52. The largest absolute Gasteiger partial charge is 0.478 e. The molecule has 3 nitrogen and oxygen atoms in total. The van der Waals surface area contributed by atoms with Crippen LogP contribution in [0.2, 0.25) is 0 Å². The van der Waals surface area contributed by atoms with E-state index in [1.165, 1.54) is 0 Å². The molecule has 1 aromatic heterocycles. The van der Waals surface area contributed by atoms with Gasteiger partial charge in [0, 0.05) is 5.39 Å². The SMILES string of the molecule is Cc1ccc2oc(C)c(C(=O)O)c2c1. The number of carbonyl (C=O) groups is 1. The number of fused-ring (bicyclic) bond motifs is 1. The first-order valence-electron chi connectivity index (χ1n) is 4.32. The fourth-order valence-corrected chi connectivity index (χ4v) is 1.60. The van der Waals surface area contributed by atoms with Crippen LogP contribution in [0.25, 0.3) is 11.0 Å². The second-order valence-electron chi connectivity index (χ2n) is 3.34. The summed E-state index contributed by atoms with van der Waals surface area (Å²) < 4.78 is 5.33. The Kier molecular flexibility index (Phi) is 1.81. The Labute approximate surface area is 81.0 Å². The van der Waals surface area contributed by atoms with Crippen LogP contribution in [0.1, 0.15) is 21.7 Å². The molecule has 0 aliphatic heterocycles. The average molecular weight is 190 g/mol. The van der Waals surface area contributed by atoms with Crippen molar-refractivity contribution in [2.24, 2.45) is 0 Å². The fraction of sp³-hybridized carbons (Fsp3) is 0.182. The summed E-state index contributed by atoms with van der Waals surface area (Å²) in [6.07, 6.45) is 0. The third-order valence-electron chi connectivity index (χ3n) is 2.23. The number of aromatic carboxylic acids is 1. The van der Waals surface area contributed by atoms with E-state index >= 15 is 0 Å². The number of carboxylic acid groups (broad SMARTS) is 1. The fourth-order valence-electron chi connectivity index (χ4n) is 1.60. The highest BCUT2D eigenvalue weighted by molar-refractivity contribution is 6.03. The minimum atomic E-state index is -0.938. The van der Waals surface area contributed by atoms with Gasteiger partial charge in [-0.05, 0) is 26.0 Å². The lowest BCUT2D eigenvalue weighted by molar-refractivity contribution is 0.0697. The molecular weight excluding hydrogens is 180 g/mol. The molecule has 1 aromatic carbocycles. The lowest BCUT2D eigenvalue weighted by atomic mass is 10.1. The molecule has 0 radical (unpaired) electrons. The Morgan fingerprint density at radius 2 is 2.07 bits per heavy atom. The molecule has 0 atom stereocenters. The van der Waals surface area contributed by atoms with Gasteiger partial charge in [-0.2, -0.15) is 0 Å². The van der Waals surface area contributed by atoms with Crippen molar-refractivity contribution in [3.8, 4) is 0 Å². The zero-order chi connectivity index (χ0) is 10.3. The number of hydrogen-bond donors (Lipinski definition) is 1. The number of benzene rings is 1. The third kappa shape index (κ3) is 1.18. The first-order valence-corrected chi connectivity index (χ1v) is 4.32. The molecule has 0 amide bonds. The van der Waals surface area contributed by atoms with Gasteiger partial charge in [0.15, 0.2) is 0 Å². The van der Waals surface area contributed by atoms with Gasteiger partial charge in [-0.25, -0.2) is 4.79 Å². The lowest BCUT2D eigenvalue weighted by Gasteiger charge is -1.93. The van der Waals surface area contributed by atoms with E-state index in [1.54, 1.807) is 13.0 Å². The van der Waals surface area contributed by atoms with Crippen LogP contribution >= 0.6 is 0 Å². The maximum Gasteiger partial charge on any atom is 0.339 e. The molecule has 0 aliphatic rings. The topological polar surface area (TPSA) is 50.4 Å². The number of hydrogen-bond acceptors (Lipinski definition) is 2. The molecule has 0 bridgehead atoms. The second kappa shape index (κ2) is 2.87. The van der Waals surface area contributed by atoms with E-state index in [0.29, 0.717) is 16.7 Å². The highest BCUT2D eigenvalue weighted by Gasteiger charge is 2.16. The van der Waals surface area contributed by atoms with E-state index in [-0.39, 0.29) is 5.56 Å². The first kappa shape index (κ1) is 8.81. The van der Waals surface area contributed by atoms with Crippen LogP contribution < -0.4 is 0 Å². The zero-order valence-electron chi connectivity index (χ0n) is 8.00. The molecular formula is C11H10O3. The van der Waals surface area contributed by atoms with Crippen molar-refractivity contribution in [1.82, 2.24) is 0 Å². The van der Waals surface area contributed by atoms with Crippen molar-refractivity contribution in [3.05, 3.63) is 35.1 Å². The monoisotopic (exact) mass is 190 g/mol. The van der Waals surface area contributed by atoms with Crippen molar-refractivity contribution in [3.63, 3.8) is 0 Å². The van der Waals surface area contributed by atoms with E-state index in [9.17, 15) is 4.79 Å². The minimum Gasteiger partial charge on any atom is -0.478 e. The Hall–Kier alpha value is -1.77. The van der Waals surface area contributed by atoms with Gasteiger partial charge in [0.25, 0.3) is 0 Å². The summed E-state index contributed by atoms with van der Waals surface area (Å²) in [4.78, 5) is 10.9. The Morgan fingerprint density at radius 1 is 1.36 bits per heavy atom. The zero-order valence-corrected chi connectivity index (χ0v) is 8.00. The van der Waals surface area contributed by atoms with Crippen LogP contribution in [0.3, 0.4) is 0 Å². The number of aryl methyl sites for hydroxylation is 2. The molecule has 3 heteroatoms. The summed E-state index contributed by atoms with van der Waals surface area (Å²) in [5.41, 5.74) is 1.93. The van der Waals surface area contributed by atoms with E-state index in [2.05, 4.69) is 0 Å².